The summed E-state index contributed by atoms with van der Waals surface area (Å²) in [7, 11) is -3.20. The normalized spacial score (nSPS) is 19.4. The average molecular weight is 393 g/mol. The van der Waals surface area contributed by atoms with Crippen LogP contribution in [0.4, 0.5) is 11.4 Å². The first kappa shape index (κ1) is 20.0. The smallest absolute Gasteiger partial charge is 0.206 e. The van der Waals surface area contributed by atoms with Crippen molar-refractivity contribution in [3.8, 4) is 5.75 Å². The molecule has 0 spiro atoms. The van der Waals surface area contributed by atoms with Crippen LogP contribution in [0.5, 0.6) is 5.75 Å². The third-order valence-corrected chi connectivity index (χ3v) is 6.71. The Bertz CT molecular complexity index is 729. The van der Waals surface area contributed by atoms with Crippen molar-refractivity contribution in [2.45, 2.75) is 25.2 Å². The number of hydrogen-bond acceptors (Lipinski definition) is 6. The molecular formula is C20H28N2O4S. The number of likely N-dealkylation sites (N-methyl/N-ethyl adjacent to an activating group) is 1. The molecule has 0 aliphatic carbocycles. The summed E-state index contributed by atoms with van der Waals surface area (Å²) in [6.45, 7) is 4.42. The summed E-state index contributed by atoms with van der Waals surface area (Å²) < 4.78 is 29.8. The van der Waals surface area contributed by atoms with Crippen LogP contribution in [-0.2, 0) is 0 Å². The molecule has 1 unspecified atom stereocenters. The molecule has 0 saturated heterocycles. The summed E-state index contributed by atoms with van der Waals surface area (Å²) >= 11 is 0. The number of rotatable bonds is 8. The van der Waals surface area contributed by atoms with Gasteiger partial charge in [0.2, 0.25) is 5.44 Å². The molecule has 1 heterocycles. The standard InChI is InChI=1S/C20H28N2O4S/c1-2-21(15-16-23)14-8-13-20-26-19-12-7-6-11-18(19)22(27(20,24)25)17-9-4-3-5-10-17/h3-7,9-12,20,23-25H,2,8,13-16H2,1H3. The molecule has 1 aliphatic rings. The number of fused-ring (bicyclic) bond motifs is 1. The quantitative estimate of drug-likeness (QED) is 0.622. The Morgan fingerprint density at radius 3 is 2.44 bits per heavy atom. The average Bonchev–Trinajstić information content (AvgIpc) is 2.68. The Labute approximate surface area is 162 Å². The second-order valence-corrected chi connectivity index (χ2v) is 8.52. The second kappa shape index (κ2) is 8.95. The largest absolute Gasteiger partial charge is 0.467 e. The van der Waals surface area contributed by atoms with Crippen LogP contribution in [0.2, 0.25) is 0 Å². The Kier molecular flexibility index (Phi) is 6.62. The molecule has 3 N–H and O–H groups in total. The molecule has 6 nitrogen and oxygen atoms in total. The minimum Gasteiger partial charge on any atom is -0.467 e. The van der Waals surface area contributed by atoms with Gasteiger partial charge < -0.3 is 14.7 Å². The van der Waals surface area contributed by atoms with E-state index in [1.807, 2.05) is 61.5 Å². The van der Waals surface area contributed by atoms with E-state index in [9.17, 15) is 9.11 Å². The zero-order chi connectivity index (χ0) is 19.3. The van der Waals surface area contributed by atoms with Crippen LogP contribution < -0.4 is 9.04 Å². The molecule has 0 saturated carbocycles. The van der Waals surface area contributed by atoms with Crippen molar-refractivity contribution in [2.24, 2.45) is 0 Å². The summed E-state index contributed by atoms with van der Waals surface area (Å²) in [6.07, 6.45) is 1.26. The van der Waals surface area contributed by atoms with Gasteiger partial charge in [0.25, 0.3) is 0 Å². The van der Waals surface area contributed by atoms with Crippen molar-refractivity contribution >= 4 is 22.2 Å². The van der Waals surface area contributed by atoms with Crippen molar-refractivity contribution in [1.82, 2.24) is 4.90 Å². The van der Waals surface area contributed by atoms with Gasteiger partial charge in [-0.15, -0.1) is 0 Å². The lowest BCUT2D eigenvalue weighted by atomic mass is 10.2. The highest BCUT2D eigenvalue weighted by Gasteiger charge is 2.40. The van der Waals surface area contributed by atoms with Gasteiger partial charge in [0.15, 0.2) is 0 Å². The van der Waals surface area contributed by atoms with Crippen LogP contribution in [0.3, 0.4) is 0 Å². The van der Waals surface area contributed by atoms with Gasteiger partial charge in [-0.1, -0.05) is 48.0 Å². The van der Waals surface area contributed by atoms with Gasteiger partial charge in [0, 0.05) is 13.0 Å². The maximum absolute atomic E-state index is 11.1. The zero-order valence-corrected chi connectivity index (χ0v) is 16.4. The first-order chi connectivity index (χ1) is 13.1. The molecule has 0 fully saturated rings. The topological polar surface area (TPSA) is 76.4 Å². The van der Waals surface area contributed by atoms with E-state index in [0.717, 1.165) is 25.2 Å². The molecule has 0 aromatic heterocycles. The van der Waals surface area contributed by atoms with E-state index < -0.39 is 16.2 Å². The number of anilines is 2. The monoisotopic (exact) mass is 392 g/mol. The van der Waals surface area contributed by atoms with E-state index in [-0.39, 0.29) is 6.61 Å². The number of nitrogens with zero attached hydrogens (tertiary/aromatic N) is 2. The second-order valence-electron chi connectivity index (χ2n) is 6.51. The summed E-state index contributed by atoms with van der Waals surface area (Å²) in [5.41, 5.74) is 0.685. The van der Waals surface area contributed by atoms with Gasteiger partial charge in [-0.2, -0.15) is 0 Å². The first-order valence-electron chi connectivity index (χ1n) is 9.29. The Morgan fingerprint density at radius 2 is 1.74 bits per heavy atom. The third kappa shape index (κ3) is 4.39. The van der Waals surface area contributed by atoms with Crippen LogP contribution in [0.25, 0.3) is 0 Å². The molecule has 0 amide bonds. The van der Waals surface area contributed by atoms with Crippen LogP contribution in [0.1, 0.15) is 19.8 Å². The van der Waals surface area contributed by atoms with Crippen LogP contribution in [0.15, 0.2) is 54.6 Å². The van der Waals surface area contributed by atoms with E-state index in [4.69, 9.17) is 9.84 Å². The van der Waals surface area contributed by atoms with Crippen LogP contribution >= 0.6 is 10.8 Å². The van der Waals surface area contributed by atoms with E-state index >= 15 is 0 Å². The fourth-order valence-electron chi connectivity index (χ4n) is 3.32. The van der Waals surface area contributed by atoms with E-state index in [1.54, 1.807) is 4.31 Å². The molecule has 7 heteroatoms. The predicted molar refractivity (Wildman–Crippen MR) is 111 cm³/mol. The summed E-state index contributed by atoms with van der Waals surface area (Å²) in [6, 6.07) is 16.8. The molecule has 1 aliphatic heterocycles. The highest BCUT2D eigenvalue weighted by molar-refractivity contribution is 8.26. The number of hydrogen-bond donors (Lipinski definition) is 3. The number of ether oxygens (including phenoxy) is 1. The minimum absolute atomic E-state index is 0.123. The SMILES string of the molecule is CCN(CCO)CCCC1Oc2ccccc2N(c2ccccc2)S1(O)O. The molecule has 148 valence electrons. The maximum Gasteiger partial charge on any atom is 0.206 e. The fourth-order valence-corrected chi connectivity index (χ4v) is 5.14. The maximum atomic E-state index is 11.1. The van der Waals surface area contributed by atoms with Gasteiger partial charge in [-0.25, -0.2) is 4.31 Å². The zero-order valence-electron chi connectivity index (χ0n) is 15.6. The molecule has 0 radical (unpaired) electrons. The van der Waals surface area contributed by atoms with Crippen molar-refractivity contribution in [3.63, 3.8) is 0 Å². The van der Waals surface area contributed by atoms with Crippen molar-refractivity contribution < 1.29 is 18.9 Å². The lowest BCUT2D eigenvalue weighted by Crippen LogP contribution is -2.39. The highest BCUT2D eigenvalue weighted by atomic mass is 32.3. The molecule has 0 bridgehead atoms. The summed E-state index contributed by atoms with van der Waals surface area (Å²) in [4.78, 5) is 2.14. The van der Waals surface area contributed by atoms with Gasteiger partial charge in [-0.3, -0.25) is 9.11 Å². The van der Waals surface area contributed by atoms with Crippen molar-refractivity contribution in [1.29, 1.82) is 0 Å². The molecule has 3 rings (SSSR count). The van der Waals surface area contributed by atoms with Gasteiger partial charge >= 0.3 is 0 Å². The summed E-state index contributed by atoms with van der Waals surface area (Å²) in [5.74, 6) is 0.653. The van der Waals surface area contributed by atoms with Crippen molar-refractivity contribution in [2.75, 3.05) is 30.5 Å². The molecule has 27 heavy (non-hydrogen) atoms. The molecule has 2 aromatic carbocycles. The number of benzene rings is 2. The highest BCUT2D eigenvalue weighted by Crippen LogP contribution is 2.61. The van der Waals surface area contributed by atoms with Gasteiger partial charge in [0.1, 0.15) is 11.4 Å². The third-order valence-electron chi connectivity index (χ3n) is 4.73. The fraction of sp³-hybridized carbons (Fsp3) is 0.400. The molecular weight excluding hydrogens is 364 g/mol. The van der Waals surface area contributed by atoms with E-state index in [2.05, 4.69) is 4.90 Å². The summed E-state index contributed by atoms with van der Waals surface area (Å²) in [5, 5.41) is 9.12. The molecule has 1 atom stereocenters. The number of aliphatic hydroxyl groups excluding tert-OH is 1. The Morgan fingerprint density at radius 1 is 1.04 bits per heavy atom. The lowest BCUT2D eigenvalue weighted by molar-refractivity contribution is 0.187. The Hall–Kier alpha value is -1.77. The van der Waals surface area contributed by atoms with E-state index in [1.165, 1.54) is 0 Å². The van der Waals surface area contributed by atoms with Crippen LogP contribution in [0, 0.1) is 0 Å². The van der Waals surface area contributed by atoms with Crippen molar-refractivity contribution in [3.05, 3.63) is 54.6 Å². The number of para-hydroxylation sites is 3. The van der Waals surface area contributed by atoms with Gasteiger partial charge in [-0.05, 0) is 43.8 Å². The minimum atomic E-state index is -3.20. The predicted octanol–water partition coefficient (Wildman–Crippen LogP) is 4.30. The van der Waals surface area contributed by atoms with Gasteiger partial charge in [0.05, 0.1) is 12.3 Å². The van der Waals surface area contributed by atoms with Crippen LogP contribution in [-0.4, -0.2) is 50.8 Å². The first-order valence-corrected chi connectivity index (χ1v) is 10.9. The lowest BCUT2D eigenvalue weighted by Gasteiger charge is -2.51. The molecule has 2 aromatic rings. The Balaban J connectivity index is 1.82. The number of aliphatic hydroxyl groups is 1. The van der Waals surface area contributed by atoms with E-state index in [0.29, 0.717) is 24.4 Å².